The van der Waals surface area contributed by atoms with Crippen LogP contribution in [-0.2, 0) is 9.53 Å². The van der Waals surface area contributed by atoms with Gasteiger partial charge >= 0.3 is 5.97 Å². The number of esters is 1. The van der Waals surface area contributed by atoms with Crippen LogP contribution in [-0.4, -0.2) is 23.8 Å². The normalized spacial score (nSPS) is 26.3. The van der Waals surface area contributed by atoms with E-state index in [9.17, 15) is 4.79 Å². The maximum absolute atomic E-state index is 11.5. The molecular formula is C14H24O3. The molecule has 0 amide bonds. The van der Waals surface area contributed by atoms with Gasteiger partial charge in [0.1, 0.15) is 6.10 Å². The van der Waals surface area contributed by atoms with E-state index in [1.165, 1.54) is 0 Å². The van der Waals surface area contributed by atoms with Crippen LogP contribution in [0.1, 0.15) is 46.0 Å². The molecule has 1 aliphatic rings. The standard InChI is InChI=1S/C14H24O3/c1-4-13(17-14(16)10(2)3)12-7-5-11(9-15)6-8-12/h11-13,15H,2,4-9H2,1,3H3. The molecule has 98 valence electrons. The average Bonchev–Trinajstić information content (AvgIpc) is 2.35. The molecule has 0 aromatic carbocycles. The highest BCUT2D eigenvalue weighted by atomic mass is 16.5. The zero-order chi connectivity index (χ0) is 12.8. The molecule has 1 fully saturated rings. The van der Waals surface area contributed by atoms with Gasteiger partial charge in [0.05, 0.1) is 0 Å². The van der Waals surface area contributed by atoms with E-state index in [2.05, 4.69) is 13.5 Å². The Labute approximate surface area is 104 Å². The Bertz CT molecular complexity index is 265. The van der Waals surface area contributed by atoms with Gasteiger partial charge in [0.15, 0.2) is 0 Å². The van der Waals surface area contributed by atoms with Crippen LogP contribution in [0.2, 0.25) is 0 Å². The summed E-state index contributed by atoms with van der Waals surface area (Å²) in [5.74, 6) is 0.618. The number of rotatable bonds is 5. The van der Waals surface area contributed by atoms with Crippen LogP contribution in [0.15, 0.2) is 12.2 Å². The zero-order valence-electron chi connectivity index (χ0n) is 10.9. The summed E-state index contributed by atoms with van der Waals surface area (Å²) in [4.78, 5) is 11.5. The van der Waals surface area contributed by atoms with E-state index >= 15 is 0 Å². The second-order valence-electron chi connectivity index (χ2n) is 5.10. The Balaban J connectivity index is 2.46. The van der Waals surface area contributed by atoms with Gasteiger partial charge in [0.25, 0.3) is 0 Å². The summed E-state index contributed by atoms with van der Waals surface area (Å²) in [5, 5.41) is 9.09. The SMILES string of the molecule is C=C(C)C(=O)OC(CC)C1CCC(CO)CC1. The van der Waals surface area contributed by atoms with Gasteiger partial charge in [-0.05, 0) is 50.9 Å². The number of carbonyl (C=O) groups is 1. The summed E-state index contributed by atoms with van der Waals surface area (Å²) in [6.45, 7) is 7.62. The molecule has 3 nitrogen and oxygen atoms in total. The third-order valence-electron chi connectivity index (χ3n) is 3.68. The summed E-state index contributed by atoms with van der Waals surface area (Å²) >= 11 is 0. The Kier molecular flexibility index (Phi) is 5.69. The molecule has 1 aliphatic carbocycles. The van der Waals surface area contributed by atoms with Gasteiger partial charge < -0.3 is 9.84 Å². The first-order valence-electron chi connectivity index (χ1n) is 6.55. The van der Waals surface area contributed by atoms with Crippen molar-refractivity contribution in [2.24, 2.45) is 11.8 Å². The van der Waals surface area contributed by atoms with E-state index in [1.54, 1.807) is 6.92 Å². The second kappa shape index (κ2) is 6.80. The lowest BCUT2D eigenvalue weighted by molar-refractivity contribution is -0.148. The lowest BCUT2D eigenvalue weighted by Gasteiger charge is -2.32. The maximum Gasteiger partial charge on any atom is 0.333 e. The Morgan fingerprint density at radius 1 is 1.41 bits per heavy atom. The summed E-state index contributed by atoms with van der Waals surface area (Å²) in [7, 11) is 0. The van der Waals surface area contributed by atoms with Crippen LogP contribution in [0, 0.1) is 11.8 Å². The van der Waals surface area contributed by atoms with Crippen molar-refractivity contribution in [2.75, 3.05) is 6.61 Å². The first-order chi connectivity index (χ1) is 8.08. The molecule has 0 bridgehead atoms. The fraction of sp³-hybridized carbons (Fsp3) is 0.786. The van der Waals surface area contributed by atoms with E-state index < -0.39 is 0 Å². The third kappa shape index (κ3) is 4.15. The summed E-state index contributed by atoms with van der Waals surface area (Å²) in [6, 6.07) is 0. The van der Waals surface area contributed by atoms with E-state index in [0.29, 0.717) is 17.4 Å². The molecule has 0 saturated heterocycles. The van der Waals surface area contributed by atoms with Crippen LogP contribution in [0.4, 0.5) is 0 Å². The molecule has 0 heterocycles. The lowest BCUT2D eigenvalue weighted by atomic mass is 9.79. The molecule has 1 saturated carbocycles. The maximum atomic E-state index is 11.5. The van der Waals surface area contributed by atoms with Crippen molar-refractivity contribution in [2.45, 2.75) is 52.1 Å². The summed E-state index contributed by atoms with van der Waals surface area (Å²) < 4.78 is 5.47. The molecule has 1 unspecified atom stereocenters. The number of hydrogen-bond acceptors (Lipinski definition) is 3. The average molecular weight is 240 g/mol. The van der Waals surface area contributed by atoms with Gasteiger partial charge in [0.2, 0.25) is 0 Å². The van der Waals surface area contributed by atoms with Crippen molar-refractivity contribution in [1.29, 1.82) is 0 Å². The molecule has 3 heteroatoms. The molecule has 1 N–H and O–H groups in total. The molecule has 1 rings (SSSR count). The number of carbonyl (C=O) groups excluding carboxylic acids is 1. The fourth-order valence-corrected chi connectivity index (χ4v) is 2.49. The van der Waals surface area contributed by atoms with Crippen molar-refractivity contribution < 1.29 is 14.6 Å². The predicted octanol–water partition coefficient (Wildman–Crippen LogP) is 2.68. The Morgan fingerprint density at radius 2 is 2.00 bits per heavy atom. The van der Waals surface area contributed by atoms with E-state index in [1.807, 2.05) is 0 Å². The van der Waals surface area contributed by atoms with Crippen LogP contribution < -0.4 is 0 Å². The summed E-state index contributed by atoms with van der Waals surface area (Å²) in [6.07, 6.45) is 5.05. The number of aliphatic hydroxyl groups is 1. The van der Waals surface area contributed by atoms with Crippen LogP contribution in [0.25, 0.3) is 0 Å². The minimum absolute atomic E-state index is 0.0128. The summed E-state index contributed by atoms with van der Waals surface area (Å²) in [5.41, 5.74) is 0.465. The van der Waals surface area contributed by atoms with Gasteiger partial charge in [-0.25, -0.2) is 4.79 Å². The Morgan fingerprint density at radius 3 is 2.41 bits per heavy atom. The van der Waals surface area contributed by atoms with E-state index in [-0.39, 0.29) is 18.7 Å². The molecule has 0 aromatic rings. The minimum atomic E-state index is -0.277. The highest BCUT2D eigenvalue weighted by Crippen LogP contribution is 2.32. The smallest absolute Gasteiger partial charge is 0.333 e. The minimum Gasteiger partial charge on any atom is -0.459 e. The molecule has 0 aliphatic heterocycles. The van der Waals surface area contributed by atoms with Crippen molar-refractivity contribution in [1.82, 2.24) is 0 Å². The van der Waals surface area contributed by atoms with E-state index in [4.69, 9.17) is 9.84 Å². The first-order valence-corrected chi connectivity index (χ1v) is 6.55. The first kappa shape index (κ1) is 14.2. The molecule has 17 heavy (non-hydrogen) atoms. The Hall–Kier alpha value is -0.830. The van der Waals surface area contributed by atoms with Crippen molar-refractivity contribution in [3.05, 3.63) is 12.2 Å². The molecule has 1 atom stereocenters. The molecule has 0 radical (unpaired) electrons. The number of hydrogen-bond donors (Lipinski definition) is 1. The van der Waals surface area contributed by atoms with Gasteiger partial charge in [0, 0.05) is 12.2 Å². The fourth-order valence-electron chi connectivity index (χ4n) is 2.49. The molecular weight excluding hydrogens is 216 g/mol. The van der Waals surface area contributed by atoms with Gasteiger partial charge in [-0.3, -0.25) is 0 Å². The van der Waals surface area contributed by atoms with Crippen molar-refractivity contribution in [3.63, 3.8) is 0 Å². The van der Waals surface area contributed by atoms with Gasteiger partial charge in [-0.15, -0.1) is 0 Å². The van der Waals surface area contributed by atoms with Crippen molar-refractivity contribution in [3.8, 4) is 0 Å². The van der Waals surface area contributed by atoms with Gasteiger partial charge in [-0.2, -0.15) is 0 Å². The van der Waals surface area contributed by atoms with Crippen molar-refractivity contribution >= 4 is 5.97 Å². The monoisotopic (exact) mass is 240 g/mol. The topological polar surface area (TPSA) is 46.5 Å². The van der Waals surface area contributed by atoms with Crippen LogP contribution >= 0.6 is 0 Å². The second-order valence-corrected chi connectivity index (χ2v) is 5.10. The largest absolute Gasteiger partial charge is 0.459 e. The predicted molar refractivity (Wildman–Crippen MR) is 67.5 cm³/mol. The van der Waals surface area contributed by atoms with Crippen LogP contribution in [0.3, 0.4) is 0 Å². The number of ether oxygens (including phenoxy) is 1. The molecule has 0 aromatic heterocycles. The lowest BCUT2D eigenvalue weighted by Crippen LogP contribution is -2.30. The number of aliphatic hydroxyl groups excluding tert-OH is 1. The zero-order valence-corrected chi connectivity index (χ0v) is 10.9. The van der Waals surface area contributed by atoms with Crippen LogP contribution in [0.5, 0.6) is 0 Å². The highest BCUT2D eigenvalue weighted by Gasteiger charge is 2.28. The van der Waals surface area contributed by atoms with E-state index in [0.717, 1.165) is 32.1 Å². The molecule has 0 spiro atoms. The third-order valence-corrected chi connectivity index (χ3v) is 3.68. The van der Waals surface area contributed by atoms with Gasteiger partial charge in [-0.1, -0.05) is 13.5 Å². The quantitative estimate of drug-likeness (QED) is 0.593. The highest BCUT2D eigenvalue weighted by molar-refractivity contribution is 5.87.